The van der Waals surface area contributed by atoms with Crippen molar-refractivity contribution in [3.05, 3.63) is 0 Å². The van der Waals surface area contributed by atoms with Gasteiger partial charge in [0.05, 0.1) is 14.2 Å². The Bertz CT molecular complexity index is 444. The number of ether oxygens (including phenoxy) is 2. The molecule has 1 aromatic heterocycles. The van der Waals surface area contributed by atoms with Gasteiger partial charge < -0.3 is 14.4 Å². The van der Waals surface area contributed by atoms with Crippen molar-refractivity contribution in [1.82, 2.24) is 15.0 Å². The molecule has 1 aliphatic rings. The third-order valence-electron chi connectivity index (χ3n) is 3.23. The molecule has 2 rings (SSSR count). The van der Waals surface area contributed by atoms with E-state index in [-0.39, 0.29) is 23.7 Å². The number of anilines is 1. The van der Waals surface area contributed by atoms with Gasteiger partial charge in [-0.2, -0.15) is 9.97 Å². The summed E-state index contributed by atoms with van der Waals surface area (Å²) in [4.78, 5) is 25.8. The number of carbonyl (C=O) groups is 1. The first-order chi connectivity index (χ1) is 9.13. The van der Waals surface area contributed by atoms with Crippen LogP contribution < -0.4 is 14.4 Å². The Kier molecular flexibility index (Phi) is 4.13. The normalized spacial score (nSPS) is 19.1. The van der Waals surface area contributed by atoms with Crippen LogP contribution in [0.2, 0.25) is 0 Å². The Morgan fingerprint density at radius 1 is 1.21 bits per heavy atom. The van der Waals surface area contributed by atoms with Gasteiger partial charge in [0.25, 0.3) is 0 Å². The molecule has 1 atom stereocenters. The minimum Gasteiger partial charge on any atom is -0.467 e. The van der Waals surface area contributed by atoms with Gasteiger partial charge in [-0.3, -0.25) is 4.79 Å². The molecule has 0 aliphatic carbocycles. The van der Waals surface area contributed by atoms with E-state index in [0.717, 1.165) is 19.4 Å². The Balaban J connectivity index is 2.22. The third-order valence-corrected chi connectivity index (χ3v) is 3.23. The van der Waals surface area contributed by atoms with Crippen molar-refractivity contribution < 1.29 is 14.3 Å². The first kappa shape index (κ1) is 13.5. The fourth-order valence-electron chi connectivity index (χ4n) is 2.14. The highest BCUT2D eigenvalue weighted by Gasteiger charge is 2.25. The van der Waals surface area contributed by atoms with Gasteiger partial charge in [-0.15, -0.1) is 4.98 Å². The molecule has 7 nitrogen and oxygen atoms in total. The number of methoxy groups -OCH3 is 2. The highest BCUT2D eigenvalue weighted by Crippen LogP contribution is 2.23. The number of aromatic nitrogens is 3. The number of hydrogen-bond donors (Lipinski definition) is 0. The van der Waals surface area contributed by atoms with Crippen molar-refractivity contribution in [1.29, 1.82) is 0 Å². The Labute approximate surface area is 112 Å². The Morgan fingerprint density at radius 2 is 1.84 bits per heavy atom. The van der Waals surface area contributed by atoms with Crippen LogP contribution in [-0.2, 0) is 4.79 Å². The SMILES string of the molecule is COc1nc(OC)nc(N2CCCC(C(C)=O)C2)n1. The highest BCUT2D eigenvalue weighted by molar-refractivity contribution is 5.79. The molecule has 104 valence electrons. The Hall–Kier alpha value is -1.92. The van der Waals surface area contributed by atoms with Crippen molar-refractivity contribution in [2.45, 2.75) is 19.8 Å². The van der Waals surface area contributed by atoms with Crippen LogP contribution in [0.15, 0.2) is 0 Å². The highest BCUT2D eigenvalue weighted by atomic mass is 16.5. The quantitative estimate of drug-likeness (QED) is 0.793. The molecule has 1 saturated heterocycles. The monoisotopic (exact) mass is 266 g/mol. The minimum atomic E-state index is 0.0440. The van der Waals surface area contributed by atoms with Crippen LogP contribution in [0.25, 0.3) is 0 Å². The van der Waals surface area contributed by atoms with Gasteiger partial charge in [0.15, 0.2) is 0 Å². The van der Waals surface area contributed by atoms with Crippen molar-refractivity contribution in [2.24, 2.45) is 5.92 Å². The number of Topliss-reactive ketones (excluding diaryl/α,β-unsaturated/α-hetero) is 1. The third kappa shape index (κ3) is 3.10. The number of nitrogens with zero attached hydrogens (tertiary/aromatic N) is 4. The molecule has 0 bridgehead atoms. The number of rotatable bonds is 4. The summed E-state index contributed by atoms with van der Waals surface area (Å²) < 4.78 is 10.1. The topological polar surface area (TPSA) is 77.4 Å². The molecule has 1 aliphatic heterocycles. The molecule has 7 heteroatoms. The van der Waals surface area contributed by atoms with E-state index in [4.69, 9.17) is 9.47 Å². The summed E-state index contributed by atoms with van der Waals surface area (Å²) in [7, 11) is 2.99. The lowest BCUT2D eigenvalue weighted by atomic mass is 9.95. The first-order valence-corrected chi connectivity index (χ1v) is 6.23. The largest absolute Gasteiger partial charge is 0.467 e. The summed E-state index contributed by atoms with van der Waals surface area (Å²) in [6.45, 7) is 3.08. The standard InChI is InChI=1S/C12H18N4O3/c1-8(17)9-5-4-6-16(7-9)10-13-11(18-2)15-12(14-10)19-3/h9H,4-7H2,1-3H3. The van der Waals surface area contributed by atoms with Crippen LogP contribution in [0.4, 0.5) is 5.95 Å². The predicted octanol–water partition coefficient (Wildman–Crippen LogP) is 0.694. The minimum absolute atomic E-state index is 0.0440. The summed E-state index contributed by atoms with van der Waals surface area (Å²) in [5, 5.41) is 0. The van der Waals surface area contributed by atoms with Gasteiger partial charge in [-0.25, -0.2) is 0 Å². The van der Waals surface area contributed by atoms with Crippen LogP contribution >= 0.6 is 0 Å². The summed E-state index contributed by atoms with van der Waals surface area (Å²) in [5.74, 6) is 0.745. The summed E-state index contributed by atoms with van der Waals surface area (Å²) >= 11 is 0. The zero-order valence-electron chi connectivity index (χ0n) is 11.4. The van der Waals surface area contributed by atoms with E-state index in [1.807, 2.05) is 4.90 Å². The molecule has 1 aromatic rings. The van der Waals surface area contributed by atoms with Gasteiger partial charge in [0.1, 0.15) is 5.78 Å². The smallest absolute Gasteiger partial charge is 0.324 e. The van der Waals surface area contributed by atoms with E-state index >= 15 is 0 Å². The Morgan fingerprint density at radius 3 is 2.37 bits per heavy atom. The maximum absolute atomic E-state index is 11.5. The average Bonchev–Trinajstić information content (AvgIpc) is 2.46. The second-order valence-electron chi connectivity index (χ2n) is 4.50. The van der Waals surface area contributed by atoms with E-state index in [9.17, 15) is 4.79 Å². The molecule has 0 N–H and O–H groups in total. The lowest BCUT2D eigenvalue weighted by Crippen LogP contribution is -2.39. The van der Waals surface area contributed by atoms with Crippen molar-refractivity contribution in [3.63, 3.8) is 0 Å². The fraction of sp³-hybridized carbons (Fsp3) is 0.667. The summed E-state index contributed by atoms with van der Waals surface area (Å²) in [6, 6.07) is 0.429. The molecular formula is C12H18N4O3. The summed E-state index contributed by atoms with van der Waals surface area (Å²) in [5.41, 5.74) is 0. The van der Waals surface area contributed by atoms with E-state index < -0.39 is 0 Å². The molecule has 1 unspecified atom stereocenters. The van der Waals surface area contributed by atoms with Gasteiger partial charge in [-0.05, 0) is 19.8 Å². The van der Waals surface area contributed by atoms with Gasteiger partial charge in [0.2, 0.25) is 5.95 Å². The van der Waals surface area contributed by atoms with Gasteiger partial charge in [-0.1, -0.05) is 0 Å². The zero-order chi connectivity index (χ0) is 13.8. The maximum Gasteiger partial charge on any atom is 0.324 e. The van der Waals surface area contributed by atoms with Crippen molar-refractivity contribution in [2.75, 3.05) is 32.2 Å². The van der Waals surface area contributed by atoms with Crippen LogP contribution in [0.5, 0.6) is 12.0 Å². The van der Waals surface area contributed by atoms with E-state index in [0.29, 0.717) is 12.5 Å². The van der Waals surface area contributed by atoms with E-state index in [1.54, 1.807) is 6.92 Å². The molecule has 0 radical (unpaired) electrons. The van der Waals surface area contributed by atoms with Crippen LogP contribution in [0, 0.1) is 5.92 Å². The molecule has 0 spiro atoms. The number of ketones is 1. The van der Waals surface area contributed by atoms with Crippen LogP contribution in [0.1, 0.15) is 19.8 Å². The van der Waals surface area contributed by atoms with Gasteiger partial charge in [0, 0.05) is 19.0 Å². The maximum atomic E-state index is 11.5. The van der Waals surface area contributed by atoms with Crippen molar-refractivity contribution >= 4 is 11.7 Å². The zero-order valence-corrected chi connectivity index (χ0v) is 11.4. The molecule has 0 amide bonds. The average molecular weight is 266 g/mol. The molecule has 19 heavy (non-hydrogen) atoms. The molecule has 1 fully saturated rings. The lowest BCUT2D eigenvalue weighted by Gasteiger charge is -2.31. The number of piperidine rings is 1. The van der Waals surface area contributed by atoms with Gasteiger partial charge >= 0.3 is 12.0 Å². The predicted molar refractivity (Wildman–Crippen MR) is 68.5 cm³/mol. The second kappa shape index (κ2) is 5.81. The molecule has 0 saturated carbocycles. The number of carbonyl (C=O) groups excluding carboxylic acids is 1. The molecule has 0 aromatic carbocycles. The fourth-order valence-corrected chi connectivity index (χ4v) is 2.14. The lowest BCUT2D eigenvalue weighted by molar-refractivity contribution is -0.120. The van der Waals surface area contributed by atoms with E-state index in [2.05, 4.69) is 15.0 Å². The van der Waals surface area contributed by atoms with E-state index in [1.165, 1.54) is 14.2 Å². The van der Waals surface area contributed by atoms with Crippen LogP contribution in [0.3, 0.4) is 0 Å². The number of hydrogen-bond acceptors (Lipinski definition) is 7. The van der Waals surface area contributed by atoms with Crippen molar-refractivity contribution in [3.8, 4) is 12.0 Å². The molecule has 2 heterocycles. The summed E-state index contributed by atoms with van der Waals surface area (Å²) in [6.07, 6.45) is 1.87. The molecular weight excluding hydrogens is 248 g/mol. The first-order valence-electron chi connectivity index (χ1n) is 6.23. The van der Waals surface area contributed by atoms with Crippen LogP contribution in [-0.4, -0.2) is 48.0 Å². The second-order valence-corrected chi connectivity index (χ2v) is 4.50.